The Kier molecular flexibility index (Phi) is 6.95. The minimum Gasteiger partial charge on any atom is -0.395 e. The molecule has 1 amide bonds. The summed E-state index contributed by atoms with van der Waals surface area (Å²) in [6, 6.07) is 3.16. The number of amides is 1. The number of carbonyl (C=O) groups is 1. The highest BCUT2D eigenvalue weighted by Crippen LogP contribution is 2.10. The van der Waals surface area contributed by atoms with Gasteiger partial charge in [0.15, 0.2) is 0 Å². The van der Waals surface area contributed by atoms with Crippen LogP contribution < -0.4 is 5.56 Å². The molecule has 6 heteroatoms. The topological polar surface area (TPSA) is 62.5 Å². The third-order valence-corrected chi connectivity index (χ3v) is 3.77. The summed E-state index contributed by atoms with van der Waals surface area (Å²) in [5.74, 6) is -0.145. The standard InChI is InChI=1S/C14H21BrN2O3/c1-3-12(4-2)17(7-8-18)14(20)10-16-9-11(15)5-6-13(16)19/h5-6,9,12,18H,3-4,7-8,10H2,1-2H3. The van der Waals surface area contributed by atoms with Crippen molar-refractivity contribution in [1.82, 2.24) is 9.47 Å². The van der Waals surface area contributed by atoms with E-state index in [-0.39, 0.29) is 30.7 Å². The molecule has 112 valence electrons. The molecule has 1 heterocycles. The van der Waals surface area contributed by atoms with E-state index in [1.54, 1.807) is 17.2 Å². The number of nitrogens with zero attached hydrogens (tertiary/aromatic N) is 2. The van der Waals surface area contributed by atoms with Crippen LogP contribution in [-0.2, 0) is 11.3 Å². The van der Waals surface area contributed by atoms with Gasteiger partial charge in [-0.05, 0) is 34.8 Å². The lowest BCUT2D eigenvalue weighted by Gasteiger charge is -2.30. The zero-order chi connectivity index (χ0) is 15.1. The fraction of sp³-hybridized carbons (Fsp3) is 0.571. The molecule has 1 aromatic heterocycles. The van der Waals surface area contributed by atoms with Crippen molar-refractivity contribution in [2.75, 3.05) is 13.2 Å². The van der Waals surface area contributed by atoms with Crippen LogP contribution >= 0.6 is 15.9 Å². The van der Waals surface area contributed by atoms with Crippen LogP contribution in [0.2, 0.25) is 0 Å². The average Bonchev–Trinajstić information content (AvgIpc) is 2.43. The molecule has 0 aromatic carbocycles. The average molecular weight is 345 g/mol. The second kappa shape index (κ2) is 8.21. The molecule has 0 saturated heterocycles. The molecule has 0 atom stereocenters. The van der Waals surface area contributed by atoms with Crippen LogP contribution in [0.3, 0.4) is 0 Å². The minimum atomic E-state index is -0.213. The molecule has 0 fully saturated rings. The molecule has 0 aliphatic carbocycles. The smallest absolute Gasteiger partial charge is 0.251 e. The van der Waals surface area contributed by atoms with E-state index in [0.29, 0.717) is 6.54 Å². The summed E-state index contributed by atoms with van der Waals surface area (Å²) in [5, 5.41) is 9.12. The Morgan fingerprint density at radius 1 is 1.40 bits per heavy atom. The highest BCUT2D eigenvalue weighted by atomic mass is 79.9. The van der Waals surface area contributed by atoms with Gasteiger partial charge in [0.05, 0.1) is 6.61 Å². The molecular formula is C14H21BrN2O3. The van der Waals surface area contributed by atoms with Gasteiger partial charge in [0, 0.05) is 29.3 Å². The third-order valence-electron chi connectivity index (χ3n) is 3.30. The van der Waals surface area contributed by atoms with E-state index in [1.807, 2.05) is 13.8 Å². The van der Waals surface area contributed by atoms with E-state index < -0.39 is 0 Å². The summed E-state index contributed by atoms with van der Waals surface area (Å²) in [4.78, 5) is 25.7. The minimum absolute atomic E-state index is 0.00519. The van der Waals surface area contributed by atoms with Crippen molar-refractivity contribution in [2.24, 2.45) is 0 Å². The molecule has 0 spiro atoms. The molecule has 0 radical (unpaired) electrons. The lowest BCUT2D eigenvalue weighted by molar-refractivity contribution is -0.135. The summed E-state index contributed by atoms with van der Waals surface area (Å²) in [6.45, 7) is 4.24. The van der Waals surface area contributed by atoms with Crippen molar-refractivity contribution < 1.29 is 9.90 Å². The van der Waals surface area contributed by atoms with Crippen molar-refractivity contribution in [2.45, 2.75) is 39.3 Å². The van der Waals surface area contributed by atoms with Gasteiger partial charge in [-0.1, -0.05) is 13.8 Å². The van der Waals surface area contributed by atoms with Crippen LogP contribution in [0.5, 0.6) is 0 Å². The van der Waals surface area contributed by atoms with Gasteiger partial charge in [-0.3, -0.25) is 9.59 Å². The number of aliphatic hydroxyl groups excluding tert-OH is 1. The SMILES string of the molecule is CCC(CC)N(CCO)C(=O)Cn1cc(Br)ccc1=O. The first kappa shape index (κ1) is 16.9. The van der Waals surface area contributed by atoms with E-state index in [2.05, 4.69) is 15.9 Å². The van der Waals surface area contributed by atoms with E-state index >= 15 is 0 Å². The number of hydrogen-bond acceptors (Lipinski definition) is 3. The monoisotopic (exact) mass is 344 g/mol. The molecule has 1 aromatic rings. The normalized spacial score (nSPS) is 10.8. The number of carbonyl (C=O) groups excluding carboxylic acids is 1. The largest absolute Gasteiger partial charge is 0.395 e. The Hall–Kier alpha value is -1.14. The second-order valence-electron chi connectivity index (χ2n) is 4.59. The molecule has 0 bridgehead atoms. The van der Waals surface area contributed by atoms with Gasteiger partial charge in [-0.2, -0.15) is 0 Å². The summed E-state index contributed by atoms with van der Waals surface area (Å²) in [6.07, 6.45) is 3.26. The van der Waals surface area contributed by atoms with Crippen LogP contribution in [0.15, 0.2) is 27.6 Å². The van der Waals surface area contributed by atoms with E-state index in [9.17, 15) is 9.59 Å². The van der Waals surface area contributed by atoms with Crippen LogP contribution in [-0.4, -0.2) is 39.7 Å². The Labute approximate surface area is 127 Å². The molecule has 5 nitrogen and oxygen atoms in total. The quantitative estimate of drug-likeness (QED) is 0.817. The number of aromatic nitrogens is 1. The first-order chi connectivity index (χ1) is 9.53. The fourth-order valence-corrected chi connectivity index (χ4v) is 2.59. The molecule has 1 rings (SSSR count). The maximum Gasteiger partial charge on any atom is 0.251 e. The van der Waals surface area contributed by atoms with E-state index in [1.165, 1.54) is 10.6 Å². The third kappa shape index (κ3) is 4.45. The highest BCUT2D eigenvalue weighted by molar-refractivity contribution is 9.10. The van der Waals surface area contributed by atoms with E-state index in [4.69, 9.17) is 5.11 Å². The first-order valence-corrected chi connectivity index (χ1v) is 7.59. The lowest BCUT2D eigenvalue weighted by atomic mass is 10.1. The van der Waals surface area contributed by atoms with Crippen molar-refractivity contribution in [3.63, 3.8) is 0 Å². The number of rotatable bonds is 7. The van der Waals surface area contributed by atoms with Crippen molar-refractivity contribution in [1.29, 1.82) is 0 Å². The number of aliphatic hydroxyl groups is 1. The molecule has 0 aliphatic heterocycles. The van der Waals surface area contributed by atoms with Crippen LogP contribution in [0.1, 0.15) is 26.7 Å². The zero-order valence-corrected chi connectivity index (χ0v) is 13.5. The van der Waals surface area contributed by atoms with Gasteiger partial charge < -0.3 is 14.6 Å². The number of hydrogen-bond donors (Lipinski definition) is 1. The zero-order valence-electron chi connectivity index (χ0n) is 11.9. The van der Waals surface area contributed by atoms with Gasteiger partial charge >= 0.3 is 0 Å². The lowest BCUT2D eigenvalue weighted by Crippen LogP contribution is -2.44. The summed E-state index contributed by atoms with van der Waals surface area (Å²) in [7, 11) is 0. The van der Waals surface area contributed by atoms with E-state index in [0.717, 1.165) is 17.3 Å². The maximum atomic E-state index is 12.4. The first-order valence-electron chi connectivity index (χ1n) is 6.79. The molecular weight excluding hydrogens is 324 g/mol. The predicted octanol–water partition coefficient (Wildman–Crippen LogP) is 1.62. The van der Waals surface area contributed by atoms with Crippen molar-refractivity contribution in [3.05, 3.63) is 33.2 Å². The Balaban J connectivity index is 2.90. The van der Waals surface area contributed by atoms with Gasteiger partial charge in [0.25, 0.3) is 5.56 Å². The maximum absolute atomic E-state index is 12.4. The Bertz CT molecular complexity index is 497. The van der Waals surface area contributed by atoms with Crippen molar-refractivity contribution in [3.8, 4) is 0 Å². The molecule has 0 unspecified atom stereocenters. The van der Waals surface area contributed by atoms with Crippen LogP contribution in [0, 0.1) is 0 Å². The molecule has 1 N–H and O–H groups in total. The van der Waals surface area contributed by atoms with Crippen LogP contribution in [0.25, 0.3) is 0 Å². The Morgan fingerprint density at radius 2 is 2.05 bits per heavy atom. The molecule has 0 saturated carbocycles. The Morgan fingerprint density at radius 3 is 2.60 bits per heavy atom. The van der Waals surface area contributed by atoms with Crippen molar-refractivity contribution >= 4 is 21.8 Å². The van der Waals surface area contributed by atoms with Gasteiger partial charge in [-0.25, -0.2) is 0 Å². The van der Waals surface area contributed by atoms with Gasteiger partial charge in [-0.15, -0.1) is 0 Å². The summed E-state index contributed by atoms with van der Waals surface area (Å²) >= 11 is 3.29. The number of pyridine rings is 1. The summed E-state index contributed by atoms with van der Waals surface area (Å²) < 4.78 is 2.13. The summed E-state index contributed by atoms with van der Waals surface area (Å²) in [5.41, 5.74) is -0.213. The molecule has 0 aliphatic rings. The number of halogens is 1. The highest BCUT2D eigenvalue weighted by Gasteiger charge is 2.20. The molecule has 20 heavy (non-hydrogen) atoms. The predicted molar refractivity (Wildman–Crippen MR) is 81.6 cm³/mol. The van der Waals surface area contributed by atoms with Gasteiger partial charge in [0.1, 0.15) is 6.54 Å². The van der Waals surface area contributed by atoms with Gasteiger partial charge in [0.2, 0.25) is 5.91 Å². The van der Waals surface area contributed by atoms with Crippen LogP contribution in [0.4, 0.5) is 0 Å². The fourth-order valence-electron chi connectivity index (χ4n) is 2.21. The second-order valence-corrected chi connectivity index (χ2v) is 5.51.